The summed E-state index contributed by atoms with van der Waals surface area (Å²) in [5.41, 5.74) is 0.803. The first-order chi connectivity index (χ1) is 14.1. The van der Waals surface area contributed by atoms with E-state index < -0.39 is 0 Å². The van der Waals surface area contributed by atoms with Gasteiger partial charge in [-0.1, -0.05) is 41.6 Å². The topological polar surface area (TPSA) is 52.7 Å². The second-order valence-corrected chi connectivity index (χ2v) is 10.8. The molecule has 5 nitrogen and oxygen atoms in total. The number of likely N-dealkylation sites (tertiary alicyclic amines) is 1. The third kappa shape index (κ3) is 4.93. The molecule has 1 spiro atoms. The van der Waals surface area contributed by atoms with Crippen molar-refractivity contribution >= 4 is 45.3 Å². The number of hydrogen-bond acceptors (Lipinski definition) is 3. The Hall–Kier alpha value is -1.21. The second-order valence-electron chi connectivity index (χ2n) is 8.45. The first kappa shape index (κ1) is 21.0. The minimum Gasteiger partial charge on any atom is -0.327 e. The number of amides is 3. The standard InChI is InChI=1S/C22H30BrN3O2S/c23-18-6-8-19(9-7-18)24-21(28)25-13-11-22(12-14-25)26(15-16-29-22)20(27)10-5-17-3-1-2-4-17/h6-9,17H,1-5,10-16H2,(H,24,28). The van der Waals surface area contributed by atoms with E-state index in [2.05, 4.69) is 26.1 Å². The zero-order valence-corrected chi connectivity index (χ0v) is 19.3. The Labute approximate surface area is 186 Å². The predicted octanol–water partition coefficient (Wildman–Crippen LogP) is 5.32. The number of piperidine rings is 1. The molecule has 0 unspecified atom stereocenters. The van der Waals surface area contributed by atoms with Crippen LogP contribution in [0.2, 0.25) is 0 Å². The number of thioether (sulfide) groups is 1. The van der Waals surface area contributed by atoms with Gasteiger partial charge in [-0.15, -0.1) is 11.8 Å². The lowest BCUT2D eigenvalue weighted by atomic mass is 9.99. The van der Waals surface area contributed by atoms with E-state index in [9.17, 15) is 9.59 Å². The van der Waals surface area contributed by atoms with Crippen molar-refractivity contribution in [3.63, 3.8) is 0 Å². The number of carbonyl (C=O) groups is 2. The van der Waals surface area contributed by atoms with Crippen molar-refractivity contribution in [3.8, 4) is 0 Å². The third-order valence-electron chi connectivity index (χ3n) is 6.65. The molecule has 2 heterocycles. The number of benzene rings is 1. The van der Waals surface area contributed by atoms with E-state index in [0.29, 0.717) is 25.4 Å². The summed E-state index contributed by atoms with van der Waals surface area (Å²) >= 11 is 5.33. The zero-order chi connectivity index (χ0) is 20.3. The van der Waals surface area contributed by atoms with Crippen molar-refractivity contribution < 1.29 is 9.59 Å². The average Bonchev–Trinajstić information content (AvgIpc) is 3.39. The highest BCUT2D eigenvalue weighted by Gasteiger charge is 2.46. The Morgan fingerprint density at radius 3 is 2.48 bits per heavy atom. The lowest BCUT2D eigenvalue weighted by Gasteiger charge is -2.44. The maximum atomic E-state index is 13.0. The van der Waals surface area contributed by atoms with E-state index in [4.69, 9.17) is 0 Å². The summed E-state index contributed by atoms with van der Waals surface area (Å²) in [4.78, 5) is 29.5. The van der Waals surface area contributed by atoms with Crippen molar-refractivity contribution in [3.05, 3.63) is 28.7 Å². The monoisotopic (exact) mass is 479 g/mol. The van der Waals surface area contributed by atoms with Gasteiger partial charge in [0.05, 0.1) is 4.87 Å². The average molecular weight is 480 g/mol. The molecule has 2 saturated heterocycles. The molecule has 1 aliphatic carbocycles. The molecule has 1 aromatic rings. The smallest absolute Gasteiger partial charge is 0.321 e. The van der Waals surface area contributed by atoms with Crippen LogP contribution in [0.15, 0.2) is 28.7 Å². The van der Waals surface area contributed by atoms with Gasteiger partial charge in [-0.2, -0.15) is 0 Å². The molecule has 1 N–H and O–H groups in total. The van der Waals surface area contributed by atoms with Crippen LogP contribution in [0, 0.1) is 5.92 Å². The van der Waals surface area contributed by atoms with Gasteiger partial charge in [-0.25, -0.2) is 4.79 Å². The molecule has 1 aromatic carbocycles. The third-order valence-corrected chi connectivity index (χ3v) is 8.73. The van der Waals surface area contributed by atoms with E-state index in [1.165, 1.54) is 25.7 Å². The first-order valence-corrected chi connectivity index (χ1v) is 12.6. The lowest BCUT2D eigenvalue weighted by Crippen LogP contribution is -2.54. The molecular weight excluding hydrogens is 450 g/mol. The van der Waals surface area contributed by atoms with Gasteiger partial charge in [0.1, 0.15) is 0 Å². The number of rotatable bonds is 4. The van der Waals surface area contributed by atoms with E-state index in [1.54, 1.807) is 0 Å². The molecule has 0 aromatic heterocycles. The normalized spacial score (nSPS) is 21.7. The van der Waals surface area contributed by atoms with Crippen LogP contribution in [0.3, 0.4) is 0 Å². The molecule has 0 bridgehead atoms. The molecule has 158 valence electrons. The Morgan fingerprint density at radius 2 is 1.79 bits per heavy atom. The van der Waals surface area contributed by atoms with Crippen LogP contribution < -0.4 is 5.32 Å². The molecule has 0 atom stereocenters. The van der Waals surface area contributed by atoms with Gasteiger partial charge in [0.15, 0.2) is 0 Å². The maximum absolute atomic E-state index is 13.0. The van der Waals surface area contributed by atoms with Gasteiger partial charge >= 0.3 is 6.03 Å². The minimum absolute atomic E-state index is 0.0516. The van der Waals surface area contributed by atoms with E-state index in [0.717, 1.165) is 47.6 Å². The van der Waals surface area contributed by atoms with Crippen LogP contribution in [0.4, 0.5) is 10.5 Å². The molecular formula is C22H30BrN3O2S. The molecule has 0 radical (unpaired) electrons. The Balaban J connectivity index is 1.30. The molecule has 3 fully saturated rings. The second kappa shape index (κ2) is 9.29. The number of nitrogens with zero attached hydrogens (tertiary/aromatic N) is 2. The zero-order valence-electron chi connectivity index (χ0n) is 16.9. The molecule has 4 rings (SSSR count). The Bertz CT molecular complexity index is 728. The van der Waals surface area contributed by atoms with Gasteiger partial charge in [-0.05, 0) is 49.4 Å². The summed E-state index contributed by atoms with van der Waals surface area (Å²) in [6, 6.07) is 7.58. The highest BCUT2D eigenvalue weighted by atomic mass is 79.9. The minimum atomic E-state index is -0.0961. The lowest BCUT2D eigenvalue weighted by molar-refractivity contribution is -0.134. The van der Waals surface area contributed by atoms with Crippen LogP contribution in [0.1, 0.15) is 51.4 Å². The highest BCUT2D eigenvalue weighted by molar-refractivity contribution is 9.10. The van der Waals surface area contributed by atoms with Crippen LogP contribution >= 0.6 is 27.7 Å². The summed E-state index contributed by atoms with van der Waals surface area (Å²) < 4.78 is 0.992. The molecule has 7 heteroatoms. The van der Waals surface area contributed by atoms with E-state index in [1.807, 2.05) is 40.9 Å². The molecule has 2 aliphatic heterocycles. The number of carbonyl (C=O) groups excluding carboxylic acids is 2. The summed E-state index contributed by atoms with van der Waals surface area (Å²) in [5, 5.41) is 2.98. The Morgan fingerprint density at radius 1 is 1.10 bits per heavy atom. The van der Waals surface area contributed by atoms with Gasteiger partial charge in [0.25, 0.3) is 0 Å². The summed E-state index contributed by atoms with van der Waals surface area (Å²) in [6.07, 6.45) is 8.74. The van der Waals surface area contributed by atoms with Crippen molar-refractivity contribution in [1.82, 2.24) is 9.80 Å². The number of halogens is 1. The first-order valence-electron chi connectivity index (χ1n) is 10.8. The summed E-state index contributed by atoms with van der Waals surface area (Å²) in [7, 11) is 0. The molecule has 29 heavy (non-hydrogen) atoms. The number of nitrogens with one attached hydrogen (secondary N) is 1. The van der Waals surface area contributed by atoms with E-state index in [-0.39, 0.29) is 10.9 Å². The fourth-order valence-corrected chi connectivity index (χ4v) is 6.67. The fraction of sp³-hybridized carbons (Fsp3) is 0.636. The van der Waals surface area contributed by atoms with Crippen LogP contribution in [0.25, 0.3) is 0 Å². The van der Waals surface area contributed by atoms with Crippen molar-refractivity contribution in [2.24, 2.45) is 5.92 Å². The molecule has 3 aliphatic rings. The number of anilines is 1. The largest absolute Gasteiger partial charge is 0.327 e. The SMILES string of the molecule is O=C(Nc1ccc(Br)cc1)N1CCC2(CC1)SCCN2C(=O)CCC1CCCC1. The summed E-state index contributed by atoms with van der Waals surface area (Å²) in [6.45, 7) is 2.25. The van der Waals surface area contributed by atoms with E-state index >= 15 is 0 Å². The number of urea groups is 1. The van der Waals surface area contributed by atoms with Gasteiger partial charge in [0.2, 0.25) is 5.91 Å². The quantitative estimate of drug-likeness (QED) is 0.635. The Kier molecular flexibility index (Phi) is 6.74. The van der Waals surface area contributed by atoms with Crippen LogP contribution in [-0.4, -0.2) is 52.0 Å². The summed E-state index contributed by atoms with van der Waals surface area (Å²) in [5.74, 6) is 2.10. The maximum Gasteiger partial charge on any atom is 0.321 e. The fourth-order valence-electron chi connectivity index (χ4n) is 4.93. The number of hydrogen-bond donors (Lipinski definition) is 1. The van der Waals surface area contributed by atoms with Crippen LogP contribution in [0.5, 0.6) is 0 Å². The van der Waals surface area contributed by atoms with Crippen LogP contribution in [-0.2, 0) is 4.79 Å². The molecule has 3 amide bonds. The van der Waals surface area contributed by atoms with Gasteiger partial charge in [-0.3, -0.25) is 4.79 Å². The van der Waals surface area contributed by atoms with Gasteiger partial charge in [0, 0.05) is 42.0 Å². The highest BCUT2D eigenvalue weighted by Crippen LogP contribution is 2.44. The van der Waals surface area contributed by atoms with Crippen molar-refractivity contribution in [2.75, 3.05) is 30.7 Å². The van der Waals surface area contributed by atoms with Crippen molar-refractivity contribution in [1.29, 1.82) is 0 Å². The van der Waals surface area contributed by atoms with Gasteiger partial charge < -0.3 is 15.1 Å². The van der Waals surface area contributed by atoms with Crippen molar-refractivity contribution in [2.45, 2.75) is 56.2 Å². The molecule has 1 saturated carbocycles. The predicted molar refractivity (Wildman–Crippen MR) is 122 cm³/mol.